The van der Waals surface area contributed by atoms with Crippen molar-refractivity contribution in [3.8, 4) is 0 Å². The van der Waals surface area contributed by atoms with Gasteiger partial charge in [-0.3, -0.25) is 0 Å². The molecule has 1 N–H and O–H groups in total. The van der Waals surface area contributed by atoms with Gasteiger partial charge >= 0.3 is 6.03 Å². The molecule has 3 aromatic rings. The molecule has 1 aliphatic rings. The molecule has 0 radical (unpaired) electrons. The monoisotopic (exact) mass is 359 g/mol. The third-order valence-electron chi connectivity index (χ3n) is 5.54. The van der Waals surface area contributed by atoms with Crippen molar-refractivity contribution in [2.24, 2.45) is 0 Å². The van der Waals surface area contributed by atoms with E-state index in [1.807, 2.05) is 35.2 Å². The predicted octanol–water partition coefficient (Wildman–Crippen LogP) is 5.05. The van der Waals surface area contributed by atoms with Gasteiger partial charge in [0.1, 0.15) is 0 Å². The number of aromatic nitrogens is 1. The Morgan fingerprint density at radius 2 is 1.74 bits per heavy atom. The first-order chi connectivity index (χ1) is 13.0. The zero-order chi connectivity index (χ0) is 19.0. The Balaban J connectivity index is 1.69. The number of aryl methyl sites for hydroxylation is 3. The van der Waals surface area contributed by atoms with Gasteiger partial charge in [-0.2, -0.15) is 0 Å². The fraction of sp³-hybridized carbons (Fsp3) is 0.261. The zero-order valence-electron chi connectivity index (χ0n) is 16.1. The molecule has 2 aromatic carbocycles. The van der Waals surface area contributed by atoms with Crippen molar-refractivity contribution in [1.82, 2.24) is 9.47 Å². The quantitative estimate of drug-likeness (QED) is 0.683. The lowest BCUT2D eigenvalue weighted by Gasteiger charge is -2.38. The molecule has 0 aliphatic carbocycles. The van der Waals surface area contributed by atoms with Gasteiger partial charge in [0, 0.05) is 30.7 Å². The van der Waals surface area contributed by atoms with E-state index in [1.54, 1.807) is 0 Å². The summed E-state index contributed by atoms with van der Waals surface area (Å²) >= 11 is 0. The van der Waals surface area contributed by atoms with E-state index in [0.717, 1.165) is 17.9 Å². The summed E-state index contributed by atoms with van der Waals surface area (Å²) in [6.07, 6.45) is 2.10. The standard InChI is InChI=1S/C23H25N3O/c1-16-10-11-19(15-18(16)3)24-23(27)26-14-13-25-12-6-9-21(25)22(26)20-8-5-4-7-17(20)2/h4-12,15,22H,13-14H2,1-3H3,(H,24,27)/t22-/m1/s1. The molecule has 1 aromatic heterocycles. The lowest BCUT2D eigenvalue weighted by Crippen LogP contribution is -2.44. The van der Waals surface area contributed by atoms with Crippen LogP contribution in [0.4, 0.5) is 10.5 Å². The third kappa shape index (κ3) is 3.23. The average Bonchev–Trinajstić information content (AvgIpc) is 3.13. The number of anilines is 1. The number of fused-ring (bicyclic) bond motifs is 1. The first-order valence-corrected chi connectivity index (χ1v) is 9.40. The van der Waals surface area contributed by atoms with E-state index >= 15 is 0 Å². The second-order valence-corrected chi connectivity index (χ2v) is 7.31. The maximum Gasteiger partial charge on any atom is 0.322 e. The highest BCUT2D eigenvalue weighted by molar-refractivity contribution is 5.90. The van der Waals surface area contributed by atoms with Gasteiger partial charge in [0.15, 0.2) is 0 Å². The Morgan fingerprint density at radius 1 is 0.926 bits per heavy atom. The molecule has 4 nitrogen and oxygen atoms in total. The molecule has 0 fully saturated rings. The Bertz CT molecular complexity index is 989. The van der Waals surface area contributed by atoms with Crippen molar-refractivity contribution in [3.63, 3.8) is 0 Å². The largest absolute Gasteiger partial charge is 0.348 e. The summed E-state index contributed by atoms with van der Waals surface area (Å²) in [6, 6.07) is 18.4. The number of nitrogens with one attached hydrogen (secondary N) is 1. The average molecular weight is 359 g/mol. The van der Waals surface area contributed by atoms with Gasteiger partial charge in [0.2, 0.25) is 0 Å². The Hall–Kier alpha value is -3.01. The minimum atomic E-state index is -0.0819. The van der Waals surface area contributed by atoms with E-state index in [2.05, 4.69) is 61.1 Å². The summed E-state index contributed by atoms with van der Waals surface area (Å²) in [5.41, 5.74) is 6.77. The molecule has 0 bridgehead atoms. The molecule has 0 saturated carbocycles. The summed E-state index contributed by atoms with van der Waals surface area (Å²) in [5, 5.41) is 3.10. The topological polar surface area (TPSA) is 37.3 Å². The number of amides is 2. The van der Waals surface area contributed by atoms with Crippen molar-refractivity contribution in [2.75, 3.05) is 11.9 Å². The number of rotatable bonds is 2. The minimum absolute atomic E-state index is 0.0565. The minimum Gasteiger partial charge on any atom is -0.348 e. The van der Waals surface area contributed by atoms with Crippen LogP contribution in [0.5, 0.6) is 0 Å². The smallest absolute Gasteiger partial charge is 0.322 e. The molecule has 0 spiro atoms. The highest BCUT2D eigenvalue weighted by Crippen LogP contribution is 2.34. The lowest BCUT2D eigenvalue weighted by atomic mass is 9.96. The maximum atomic E-state index is 13.2. The zero-order valence-corrected chi connectivity index (χ0v) is 16.1. The third-order valence-corrected chi connectivity index (χ3v) is 5.54. The Labute approximate surface area is 160 Å². The van der Waals surface area contributed by atoms with Crippen LogP contribution in [0.25, 0.3) is 0 Å². The fourth-order valence-electron chi connectivity index (χ4n) is 3.84. The number of carbonyl (C=O) groups is 1. The van der Waals surface area contributed by atoms with Crippen molar-refractivity contribution >= 4 is 11.7 Å². The van der Waals surface area contributed by atoms with E-state index in [1.165, 1.54) is 22.3 Å². The van der Waals surface area contributed by atoms with Gasteiger partial charge in [-0.15, -0.1) is 0 Å². The number of nitrogens with zero attached hydrogens (tertiary/aromatic N) is 2. The Morgan fingerprint density at radius 3 is 2.52 bits per heavy atom. The van der Waals surface area contributed by atoms with Crippen LogP contribution in [0.3, 0.4) is 0 Å². The van der Waals surface area contributed by atoms with Crippen molar-refractivity contribution in [2.45, 2.75) is 33.4 Å². The van der Waals surface area contributed by atoms with Crippen LogP contribution in [0, 0.1) is 20.8 Å². The van der Waals surface area contributed by atoms with Crippen LogP contribution in [-0.2, 0) is 6.54 Å². The van der Waals surface area contributed by atoms with Crippen molar-refractivity contribution < 1.29 is 4.79 Å². The molecule has 2 amide bonds. The molecule has 138 valence electrons. The van der Waals surface area contributed by atoms with Crippen molar-refractivity contribution in [1.29, 1.82) is 0 Å². The second-order valence-electron chi connectivity index (χ2n) is 7.31. The summed E-state index contributed by atoms with van der Waals surface area (Å²) in [5.74, 6) is 0. The summed E-state index contributed by atoms with van der Waals surface area (Å²) in [6.45, 7) is 7.74. The SMILES string of the molecule is Cc1ccc(NC(=O)N2CCn3cccc3[C@H]2c2ccccc2C)cc1C. The number of hydrogen-bond donors (Lipinski definition) is 1. The number of urea groups is 1. The van der Waals surface area contributed by atoms with Crippen LogP contribution in [0.2, 0.25) is 0 Å². The fourth-order valence-corrected chi connectivity index (χ4v) is 3.84. The maximum absolute atomic E-state index is 13.2. The van der Waals surface area contributed by atoms with Gasteiger partial charge in [0.25, 0.3) is 0 Å². The highest BCUT2D eigenvalue weighted by Gasteiger charge is 2.32. The Kier molecular flexibility index (Phi) is 4.48. The van der Waals surface area contributed by atoms with E-state index in [9.17, 15) is 4.79 Å². The van der Waals surface area contributed by atoms with E-state index in [-0.39, 0.29) is 12.1 Å². The summed E-state index contributed by atoms with van der Waals surface area (Å²) < 4.78 is 2.25. The highest BCUT2D eigenvalue weighted by atomic mass is 16.2. The van der Waals surface area contributed by atoms with Gasteiger partial charge in [-0.1, -0.05) is 30.3 Å². The van der Waals surface area contributed by atoms with Crippen LogP contribution in [-0.4, -0.2) is 22.0 Å². The molecule has 0 unspecified atom stereocenters. The molecule has 1 atom stereocenters. The van der Waals surface area contributed by atoms with Gasteiger partial charge < -0.3 is 14.8 Å². The van der Waals surface area contributed by atoms with E-state index < -0.39 is 0 Å². The summed E-state index contributed by atoms with van der Waals surface area (Å²) in [7, 11) is 0. The second kappa shape index (κ2) is 6.95. The molecule has 4 rings (SSSR count). The molecular weight excluding hydrogens is 334 g/mol. The van der Waals surface area contributed by atoms with Crippen LogP contribution in [0.1, 0.15) is 34.0 Å². The number of hydrogen-bond acceptors (Lipinski definition) is 1. The van der Waals surface area contributed by atoms with Gasteiger partial charge in [0.05, 0.1) is 6.04 Å². The normalized spacial score (nSPS) is 16.1. The van der Waals surface area contributed by atoms with E-state index in [4.69, 9.17) is 0 Å². The number of benzene rings is 2. The molecule has 0 saturated heterocycles. The molecule has 1 aliphatic heterocycles. The van der Waals surface area contributed by atoms with E-state index in [0.29, 0.717) is 6.54 Å². The van der Waals surface area contributed by atoms with Gasteiger partial charge in [-0.25, -0.2) is 4.79 Å². The van der Waals surface area contributed by atoms with Crippen LogP contribution >= 0.6 is 0 Å². The lowest BCUT2D eigenvalue weighted by molar-refractivity contribution is 0.181. The van der Waals surface area contributed by atoms with Crippen LogP contribution in [0.15, 0.2) is 60.8 Å². The molecular formula is C23H25N3O. The molecule has 2 heterocycles. The van der Waals surface area contributed by atoms with Crippen molar-refractivity contribution in [3.05, 3.63) is 88.7 Å². The van der Waals surface area contributed by atoms with Gasteiger partial charge in [-0.05, 0) is 67.3 Å². The molecule has 4 heteroatoms. The van der Waals surface area contributed by atoms with Crippen LogP contribution < -0.4 is 5.32 Å². The first-order valence-electron chi connectivity index (χ1n) is 9.40. The first kappa shape index (κ1) is 17.4. The summed E-state index contributed by atoms with van der Waals surface area (Å²) in [4.78, 5) is 15.1. The number of carbonyl (C=O) groups excluding carboxylic acids is 1. The predicted molar refractivity (Wildman–Crippen MR) is 109 cm³/mol. The molecule has 27 heavy (non-hydrogen) atoms.